The van der Waals surface area contributed by atoms with E-state index in [9.17, 15) is 0 Å². The lowest BCUT2D eigenvalue weighted by molar-refractivity contribution is 0.554. The second kappa shape index (κ2) is 4.32. The molecule has 0 aliphatic heterocycles. The standard InChI is InChI=1S/C14H18ClN3/c1-14(2,3)13-10(8-18(4)17-13)9-5-6-12(16)11(15)7-9/h5-8H,16H2,1-4H3. The molecule has 0 radical (unpaired) electrons. The van der Waals surface area contributed by atoms with Gasteiger partial charge in [0.2, 0.25) is 0 Å². The van der Waals surface area contributed by atoms with Crippen molar-refractivity contribution < 1.29 is 0 Å². The second-order valence-electron chi connectivity index (χ2n) is 5.55. The van der Waals surface area contributed by atoms with Crippen LogP contribution in [-0.2, 0) is 12.5 Å². The number of nitrogen functional groups attached to an aromatic ring is 1. The molecule has 0 atom stereocenters. The van der Waals surface area contributed by atoms with Crippen molar-refractivity contribution in [2.75, 3.05) is 5.73 Å². The molecule has 0 saturated heterocycles. The predicted molar refractivity (Wildman–Crippen MR) is 76.8 cm³/mol. The van der Waals surface area contributed by atoms with Gasteiger partial charge in [-0.05, 0) is 17.7 Å². The Morgan fingerprint density at radius 1 is 1.28 bits per heavy atom. The molecular weight excluding hydrogens is 246 g/mol. The third kappa shape index (κ3) is 2.36. The van der Waals surface area contributed by atoms with Crippen LogP contribution in [0.15, 0.2) is 24.4 Å². The minimum atomic E-state index is -0.00947. The maximum Gasteiger partial charge on any atom is 0.0756 e. The van der Waals surface area contributed by atoms with Gasteiger partial charge in [0.25, 0.3) is 0 Å². The summed E-state index contributed by atoms with van der Waals surface area (Å²) < 4.78 is 1.83. The van der Waals surface area contributed by atoms with Crippen molar-refractivity contribution in [1.29, 1.82) is 0 Å². The third-order valence-electron chi connectivity index (χ3n) is 2.85. The molecular formula is C14H18ClN3. The summed E-state index contributed by atoms with van der Waals surface area (Å²) in [5.41, 5.74) is 9.55. The molecule has 1 heterocycles. The highest BCUT2D eigenvalue weighted by atomic mass is 35.5. The van der Waals surface area contributed by atoms with Crippen LogP contribution in [0.3, 0.4) is 0 Å². The molecule has 0 saturated carbocycles. The van der Waals surface area contributed by atoms with Gasteiger partial charge in [-0.1, -0.05) is 38.4 Å². The van der Waals surface area contributed by atoms with Crippen LogP contribution in [0.4, 0.5) is 5.69 Å². The third-order valence-corrected chi connectivity index (χ3v) is 3.18. The number of aryl methyl sites for hydroxylation is 1. The van der Waals surface area contributed by atoms with E-state index in [1.165, 1.54) is 0 Å². The highest BCUT2D eigenvalue weighted by molar-refractivity contribution is 6.33. The number of hydrogen-bond donors (Lipinski definition) is 1. The molecule has 3 nitrogen and oxygen atoms in total. The lowest BCUT2D eigenvalue weighted by atomic mass is 9.87. The number of halogens is 1. The van der Waals surface area contributed by atoms with Gasteiger partial charge in [-0.25, -0.2) is 0 Å². The SMILES string of the molecule is Cn1cc(-c2ccc(N)c(Cl)c2)c(C(C)(C)C)n1. The Hall–Kier alpha value is -1.48. The van der Waals surface area contributed by atoms with Crippen molar-refractivity contribution in [3.05, 3.63) is 35.1 Å². The highest BCUT2D eigenvalue weighted by Crippen LogP contribution is 2.34. The van der Waals surface area contributed by atoms with E-state index >= 15 is 0 Å². The summed E-state index contributed by atoms with van der Waals surface area (Å²) in [5, 5.41) is 5.13. The van der Waals surface area contributed by atoms with Crippen LogP contribution < -0.4 is 5.73 Å². The molecule has 0 amide bonds. The van der Waals surface area contributed by atoms with E-state index in [0.717, 1.165) is 16.8 Å². The van der Waals surface area contributed by atoms with E-state index in [1.807, 2.05) is 36.1 Å². The molecule has 2 aromatic rings. The first-order chi connectivity index (χ1) is 8.29. The van der Waals surface area contributed by atoms with Crippen LogP contribution in [-0.4, -0.2) is 9.78 Å². The number of anilines is 1. The summed E-state index contributed by atoms with van der Waals surface area (Å²) >= 11 is 6.08. The molecule has 0 bridgehead atoms. The number of hydrogen-bond acceptors (Lipinski definition) is 2. The van der Waals surface area contributed by atoms with E-state index in [2.05, 4.69) is 25.9 Å². The predicted octanol–water partition coefficient (Wildman–Crippen LogP) is 3.62. The summed E-state index contributed by atoms with van der Waals surface area (Å²) in [6.07, 6.45) is 2.02. The molecule has 1 aromatic carbocycles. The lowest BCUT2D eigenvalue weighted by Gasteiger charge is -2.17. The molecule has 0 aliphatic rings. The van der Waals surface area contributed by atoms with Crippen molar-refractivity contribution in [2.24, 2.45) is 7.05 Å². The first kappa shape index (κ1) is 13.0. The first-order valence-corrected chi connectivity index (χ1v) is 6.26. The quantitative estimate of drug-likeness (QED) is 0.799. The Labute approximate surface area is 113 Å². The number of nitrogens with two attached hydrogens (primary N) is 1. The maximum absolute atomic E-state index is 6.08. The van der Waals surface area contributed by atoms with Crippen LogP contribution in [0.5, 0.6) is 0 Å². The van der Waals surface area contributed by atoms with Gasteiger partial charge < -0.3 is 5.73 Å². The molecule has 1 aromatic heterocycles. The summed E-state index contributed by atoms with van der Waals surface area (Å²) in [6.45, 7) is 6.45. The van der Waals surface area contributed by atoms with Crippen LogP contribution >= 0.6 is 11.6 Å². The van der Waals surface area contributed by atoms with E-state index in [0.29, 0.717) is 10.7 Å². The fraction of sp³-hybridized carbons (Fsp3) is 0.357. The Kier molecular flexibility index (Phi) is 3.11. The highest BCUT2D eigenvalue weighted by Gasteiger charge is 2.22. The fourth-order valence-electron chi connectivity index (χ4n) is 1.95. The summed E-state index contributed by atoms with van der Waals surface area (Å²) in [5.74, 6) is 0. The monoisotopic (exact) mass is 263 g/mol. The van der Waals surface area contributed by atoms with Crippen LogP contribution in [0.25, 0.3) is 11.1 Å². The summed E-state index contributed by atoms with van der Waals surface area (Å²) in [4.78, 5) is 0. The number of rotatable bonds is 1. The van der Waals surface area contributed by atoms with Crippen LogP contribution in [0.2, 0.25) is 5.02 Å². The van der Waals surface area contributed by atoms with Gasteiger partial charge in [0.05, 0.1) is 16.4 Å². The molecule has 0 fully saturated rings. The second-order valence-corrected chi connectivity index (χ2v) is 5.96. The molecule has 18 heavy (non-hydrogen) atoms. The zero-order chi connectivity index (χ0) is 13.5. The Balaban J connectivity index is 2.60. The van der Waals surface area contributed by atoms with Gasteiger partial charge >= 0.3 is 0 Å². The largest absolute Gasteiger partial charge is 0.398 e. The molecule has 0 unspecified atom stereocenters. The summed E-state index contributed by atoms with van der Waals surface area (Å²) in [7, 11) is 1.93. The molecule has 2 N–H and O–H groups in total. The zero-order valence-electron chi connectivity index (χ0n) is 11.2. The van der Waals surface area contributed by atoms with E-state index in [4.69, 9.17) is 17.3 Å². The minimum Gasteiger partial charge on any atom is -0.398 e. The van der Waals surface area contributed by atoms with Gasteiger partial charge in [-0.3, -0.25) is 4.68 Å². The van der Waals surface area contributed by atoms with E-state index in [-0.39, 0.29) is 5.41 Å². The molecule has 0 aliphatic carbocycles. The van der Waals surface area contributed by atoms with E-state index in [1.54, 1.807) is 0 Å². The molecule has 96 valence electrons. The van der Waals surface area contributed by atoms with Crippen molar-refractivity contribution in [3.8, 4) is 11.1 Å². The topological polar surface area (TPSA) is 43.8 Å². The fourth-order valence-corrected chi connectivity index (χ4v) is 2.13. The van der Waals surface area contributed by atoms with Gasteiger partial charge in [-0.15, -0.1) is 0 Å². The lowest BCUT2D eigenvalue weighted by Crippen LogP contribution is -2.13. The Morgan fingerprint density at radius 2 is 1.94 bits per heavy atom. The van der Waals surface area contributed by atoms with Crippen LogP contribution in [0.1, 0.15) is 26.5 Å². The average Bonchev–Trinajstić information content (AvgIpc) is 2.64. The molecule has 2 rings (SSSR count). The van der Waals surface area contributed by atoms with Gasteiger partial charge in [0.15, 0.2) is 0 Å². The zero-order valence-corrected chi connectivity index (χ0v) is 11.9. The summed E-state index contributed by atoms with van der Waals surface area (Å²) in [6, 6.07) is 5.70. The average molecular weight is 264 g/mol. The van der Waals surface area contributed by atoms with Crippen molar-refractivity contribution in [2.45, 2.75) is 26.2 Å². The first-order valence-electron chi connectivity index (χ1n) is 5.88. The van der Waals surface area contributed by atoms with Crippen molar-refractivity contribution in [1.82, 2.24) is 9.78 Å². The van der Waals surface area contributed by atoms with Crippen molar-refractivity contribution in [3.63, 3.8) is 0 Å². The smallest absolute Gasteiger partial charge is 0.0756 e. The number of benzene rings is 1. The number of nitrogens with zero attached hydrogens (tertiary/aromatic N) is 2. The van der Waals surface area contributed by atoms with E-state index < -0.39 is 0 Å². The van der Waals surface area contributed by atoms with Crippen LogP contribution in [0, 0.1) is 0 Å². The minimum absolute atomic E-state index is 0.00947. The normalized spacial score (nSPS) is 11.8. The van der Waals surface area contributed by atoms with Gasteiger partial charge in [0.1, 0.15) is 0 Å². The maximum atomic E-state index is 6.08. The molecule has 0 spiro atoms. The van der Waals surface area contributed by atoms with Gasteiger partial charge in [0, 0.05) is 24.2 Å². The van der Waals surface area contributed by atoms with Gasteiger partial charge in [-0.2, -0.15) is 5.10 Å². The van der Waals surface area contributed by atoms with Crippen molar-refractivity contribution >= 4 is 17.3 Å². The number of aromatic nitrogens is 2. The molecule has 4 heteroatoms. The Bertz CT molecular complexity index is 579. The Morgan fingerprint density at radius 3 is 2.50 bits per heavy atom.